The van der Waals surface area contributed by atoms with Crippen molar-refractivity contribution in [2.45, 2.75) is 13.0 Å². The van der Waals surface area contributed by atoms with Gasteiger partial charge in [0.2, 0.25) is 0 Å². The Balaban J connectivity index is 1.73. The minimum atomic E-state index is -1.10. The first-order valence-corrected chi connectivity index (χ1v) is 7.77. The van der Waals surface area contributed by atoms with E-state index in [1.54, 1.807) is 12.1 Å². The number of ether oxygens (including phenoxy) is 1. The second kappa shape index (κ2) is 5.96. The van der Waals surface area contributed by atoms with Gasteiger partial charge in [-0.2, -0.15) is 0 Å². The van der Waals surface area contributed by atoms with Gasteiger partial charge in [-0.15, -0.1) is 11.3 Å². The van der Waals surface area contributed by atoms with E-state index in [-0.39, 0.29) is 11.4 Å². The Labute approximate surface area is 134 Å². The first-order chi connectivity index (χ1) is 11.0. The molecule has 3 amide bonds. The largest absolute Gasteiger partial charge is 0.448 e. The van der Waals surface area contributed by atoms with Crippen molar-refractivity contribution in [3.63, 3.8) is 0 Å². The summed E-state index contributed by atoms with van der Waals surface area (Å²) in [6, 6.07) is 5.46. The van der Waals surface area contributed by atoms with Gasteiger partial charge >= 0.3 is 12.0 Å². The monoisotopic (exact) mass is 336 g/mol. The van der Waals surface area contributed by atoms with Crippen molar-refractivity contribution in [2.75, 3.05) is 13.1 Å². The third kappa shape index (κ3) is 2.89. The van der Waals surface area contributed by atoms with E-state index in [2.05, 4.69) is 5.32 Å². The summed E-state index contributed by atoms with van der Waals surface area (Å²) in [7, 11) is 0. The van der Waals surface area contributed by atoms with Crippen molar-refractivity contribution >= 4 is 39.3 Å². The van der Waals surface area contributed by atoms with Gasteiger partial charge in [0.1, 0.15) is 10.7 Å². The van der Waals surface area contributed by atoms with Crippen LogP contribution in [0.5, 0.6) is 0 Å². The lowest BCUT2D eigenvalue weighted by Gasteiger charge is -2.17. The average molecular weight is 336 g/mol. The van der Waals surface area contributed by atoms with Crippen LogP contribution in [0.1, 0.15) is 16.6 Å². The molecule has 23 heavy (non-hydrogen) atoms. The third-order valence-corrected chi connectivity index (χ3v) is 4.54. The van der Waals surface area contributed by atoms with Crippen LogP contribution in [0.4, 0.5) is 9.18 Å². The van der Waals surface area contributed by atoms with Crippen LogP contribution in [0.15, 0.2) is 24.3 Å². The maximum Gasteiger partial charge on any atom is 0.349 e. The molecule has 0 unspecified atom stereocenters. The molecule has 1 saturated heterocycles. The number of imide groups is 1. The van der Waals surface area contributed by atoms with Crippen molar-refractivity contribution < 1.29 is 23.5 Å². The van der Waals surface area contributed by atoms with Crippen molar-refractivity contribution in [3.05, 3.63) is 35.0 Å². The Bertz CT molecular complexity index is 804. The lowest BCUT2D eigenvalue weighted by atomic mass is 10.2. The maximum absolute atomic E-state index is 13.7. The molecule has 8 heteroatoms. The number of fused-ring (bicyclic) bond motifs is 1. The Morgan fingerprint density at radius 2 is 2.22 bits per heavy atom. The second-order valence-electron chi connectivity index (χ2n) is 5.03. The van der Waals surface area contributed by atoms with Crippen LogP contribution in [0, 0.1) is 5.82 Å². The smallest absolute Gasteiger partial charge is 0.349 e. The molecule has 1 atom stereocenters. The summed E-state index contributed by atoms with van der Waals surface area (Å²) in [5, 5.41) is 2.84. The summed E-state index contributed by atoms with van der Waals surface area (Å²) in [6.07, 6.45) is -1.10. The van der Waals surface area contributed by atoms with E-state index in [9.17, 15) is 18.8 Å². The normalized spacial score (nSPS) is 15.6. The van der Waals surface area contributed by atoms with Gasteiger partial charge in [0.05, 0.1) is 0 Å². The van der Waals surface area contributed by atoms with Crippen molar-refractivity contribution in [1.29, 1.82) is 0 Å². The summed E-state index contributed by atoms with van der Waals surface area (Å²) in [6.45, 7) is 2.02. The quantitative estimate of drug-likeness (QED) is 0.872. The van der Waals surface area contributed by atoms with Gasteiger partial charge in [0, 0.05) is 23.2 Å². The van der Waals surface area contributed by atoms with E-state index in [0.29, 0.717) is 16.6 Å². The Morgan fingerprint density at radius 1 is 1.43 bits per heavy atom. The van der Waals surface area contributed by atoms with Gasteiger partial charge in [-0.3, -0.25) is 9.69 Å². The van der Waals surface area contributed by atoms with Crippen molar-refractivity contribution in [2.24, 2.45) is 0 Å². The Kier molecular flexibility index (Phi) is 3.99. The number of carbonyl (C=O) groups is 3. The van der Waals surface area contributed by atoms with E-state index in [1.807, 2.05) is 0 Å². The van der Waals surface area contributed by atoms with Gasteiger partial charge in [0.15, 0.2) is 6.10 Å². The second-order valence-corrected chi connectivity index (χ2v) is 6.12. The number of urea groups is 1. The van der Waals surface area contributed by atoms with E-state index < -0.39 is 29.8 Å². The molecule has 1 aliphatic heterocycles. The third-order valence-electron chi connectivity index (χ3n) is 3.46. The van der Waals surface area contributed by atoms with Gasteiger partial charge in [0.25, 0.3) is 5.91 Å². The molecule has 0 spiro atoms. The molecule has 2 aromatic rings. The van der Waals surface area contributed by atoms with Crippen LogP contribution in [0.25, 0.3) is 10.1 Å². The van der Waals surface area contributed by atoms with Crippen LogP contribution in [-0.4, -0.2) is 42.0 Å². The van der Waals surface area contributed by atoms with E-state index >= 15 is 0 Å². The highest BCUT2D eigenvalue weighted by Crippen LogP contribution is 2.28. The fraction of sp³-hybridized carbons (Fsp3) is 0.267. The summed E-state index contributed by atoms with van der Waals surface area (Å²) >= 11 is 1.09. The first kappa shape index (κ1) is 15.4. The van der Waals surface area contributed by atoms with E-state index in [0.717, 1.165) is 16.2 Å². The minimum Gasteiger partial charge on any atom is -0.448 e. The van der Waals surface area contributed by atoms with Crippen molar-refractivity contribution in [1.82, 2.24) is 10.2 Å². The molecule has 120 valence electrons. The molecule has 1 N–H and O–H groups in total. The number of nitrogens with one attached hydrogen (secondary N) is 1. The molecule has 0 saturated carbocycles. The highest BCUT2D eigenvalue weighted by molar-refractivity contribution is 7.20. The number of thiophene rings is 1. The van der Waals surface area contributed by atoms with Crippen LogP contribution in [-0.2, 0) is 9.53 Å². The van der Waals surface area contributed by atoms with Gasteiger partial charge in [-0.25, -0.2) is 14.0 Å². The molecule has 1 fully saturated rings. The molecule has 3 rings (SSSR count). The molecule has 1 aromatic carbocycles. The molecule has 2 heterocycles. The van der Waals surface area contributed by atoms with Gasteiger partial charge < -0.3 is 10.1 Å². The average Bonchev–Trinajstić information content (AvgIpc) is 3.13. The number of nitrogens with zero attached hydrogens (tertiary/aromatic N) is 1. The molecule has 0 bridgehead atoms. The van der Waals surface area contributed by atoms with E-state index in [4.69, 9.17) is 4.74 Å². The molecule has 1 aliphatic rings. The Hall–Kier alpha value is -2.48. The number of rotatable bonds is 3. The first-order valence-electron chi connectivity index (χ1n) is 6.95. The fourth-order valence-electron chi connectivity index (χ4n) is 2.30. The molecule has 1 aromatic heterocycles. The zero-order valence-corrected chi connectivity index (χ0v) is 13.0. The topological polar surface area (TPSA) is 75.7 Å². The number of esters is 1. The molecular formula is C15H13FN2O4S. The fourth-order valence-corrected chi connectivity index (χ4v) is 3.25. The number of hydrogen-bond donors (Lipinski definition) is 1. The number of hydrogen-bond acceptors (Lipinski definition) is 5. The Morgan fingerprint density at radius 3 is 2.87 bits per heavy atom. The molecular weight excluding hydrogens is 323 g/mol. The summed E-state index contributed by atoms with van der Waals surface area (Å²) in [4.78, 5) is 36.9. The summed E-state index contributed by atoms with van der Waals surface area (Å²) < 4.78 is 19.4. The number of amides is 3. The number of halogens is 1. The van der Waals surface area contributed by atoms with Crippen LogP contribution >= 0.6 is 11.3 Å². The standard InChI is InChI=1S/C15H13FN2O4S/c1-8(13(19)18-6-5-17-15(18)21)22-14(20)12-7-9-10(16)3-2-4-11(9)23-12/h2-4,7-8H,5-6H2,1H3,(H,17,21)/t8-/m0/s1. The predicted molar refractivity (Wildman–Crippen MR) is 81.8 cm³/mol. The number of carbonyl (C=O) groups excluding carboxylic acids is 3. The van der Waals surface area contributed by atoms with Crippen LogP contribution in [0.2, 0.25) is 0 Å². The highest BCUT2D eigenvalue weighted by atomic mass is 32.1. The van der Waals surface area contributed by atoms with Crippen molar-refractivity contribution in [3.8, 4) is 0 Å². The highest BCUT2D eigenvalue weighted by Gasteiger charge is 2.32. The van der Waals surface area contributed by atoms with Crippen LogP contribution < -0.4 is 5.32 Å². The molecule has 0 radical (unpaired) electrons. The molecule has 6 nitrogen and oxygen atoms in total. The molecule has 0 aliphatic carbocycles. The predicted octanol–water partition coefficient (Wildman–Crippen LogP) is 2.14. The zero-order valence-electron chi connectivity index (χ0n) is 12.2. The van der Waals surface area contributed by atoms with E-state index in [1.165, 1.54) is 19.1 Å². The lowest BCUT2D eigenvalue weighted by molar-refractivity contribution is -0.135. The summed E-state index contributed by atoms with van der Waals surface area (Å²) in [5.41, 5.74) is 0. The number of benzene rings is 1. The summed E-state index contributed by atoms with van der Waals surface area (Å²) in [5.74, 6) is -1.72. The van der Waals surface area contributed by atoms with Crippen LogP contribution in [0.3, 0.4) is 0 Å². The maximum atomic E-state index is 13.7. The zero-order chi connectivity index (χ0) is 16.6. The SMILES string of the molecule is C[C@H](OC(=O)c1cc2c(F)cccc2s1)C(=O)N1CCNC1=O. The van der Waals surface area contributed by atoms with Gasteiger partial charge in [-0.05, 0) is 25.1 Å². The van der Waals surface area contributed by atoms with Gasteiger partial charge in [-0.1, -0.05) is 6.07 Å². The lowest BCUT2D eigenvalue weighted by Crippen LogP contribution is -2.41. The minimum absolute atomic E-state index is 0.204.